The summed E-state index contributed by atoms with van der Waals surface area (Å²) in [5, 5.41) is 16.7. The molecule has 3 N–H and O–H groups in total. The molecule has 1 amide bonds. The van der Waals surface area contributed by atoms with Crippen LogP contribution in [-0.4, -0.2) is 30.1 Å². The van der Waals surface area contributed by atoms with Gasteiger partial charge in [-0.1, -0.05) is 29.3 Å². The zero-order chi connectivity index (χ0) is 13.8. The number of benzene rings is 1. The average molecular weight is 303 g/mol. The third kappa shape index (κ3) is 3.60. The third-order valence-corrected chi connectivity index (χ3v) is 3.84. The molecule has 2 rings (SSSR count). The summed E-state index contributed by atoms with van der Waals surface area (Å²) in [6, 6.07) is 4.87. The first-order chi connectivity index (χ1) is 9.09. The fourth-order valence-corrected chi connectivity index (χ4v) is 2.81. The van der Waals surface area contributed by atoms with Crippen molar-refractivity contribution in [1.82, 2.24) is 10.6 Å². The van der Waals surface area contributed by atoms with Gasteiger partial charge in [0.15, 0.2) is 0 Å². The van der Waals surface area contributed by atoms with Crippen molar-refractivity contribution in [2.24, 2.45) is 0 Å². The summed E-state index contributed by atoms with van der Waals surface area (Å²) < 4.78 is 0. The molecule has 1 aromatic carbocycles. The van der Waals surface area contributed by atoms with Crippen LogP contribution in [-0.2, 0) is 4.79 Å². The summed E-state index contributed by atoms with van der Waals surface area (Å²) in [6.45, 7) is 0.956. The normalized spacial score (nSPS) is 20.3. The van der Waals surface area contributed by atoms with Crippen LogP contribution in [0.5, 0.6) is 0 Å². The van der Waals surface area contributed by atoms with E-state index in [2.05, 4.69) is 10.6 Å². The Hall–Kier alpha value is -0.810. The first-order valence-electron chi connectivity index (χ1n) is 6.22. The first kappa shape index (κ1) is 14.6. The SMILES string of the molecule is O=C(NC[C@H](O)c1c(Cl)cccc1Cl)[C@@H]1CCCN1. The van der Waals surface area contributed by atoms with Crippen LogP contribution in [0, 0.1) is 0 Å². The molecule has 1 fully saturated rings. The summed E-state index contributed by atoms with van der Waals surface area (Å²) in [7, 11) is 0. The molecular formula is C13H16Cl2N2O2. The molecule has 0 bridgehead atoms. The van der Waals surface area contributed by atoms with Crippen LogP contribution in [0.1, 0.15) is 24.5 Å². The molecule has 1 aliphatic heterocycles. The van der Waals surface area contributed by atoms with E-state index < -0.39 is 6.10 Å². The first-order valence-corrected chi connectivity index (χ1v) is 6.98. The molecule has 0 aliphatic carbocycles. The van der Waals surface area contributed by atoms with Gasteiger partial charge in [-0.2, -0.15) is 0 Å². The van der Waals surface area contributed by atoms with Gasteiger partial charge in [0.25, 0.3) is 0 Å². The van der Waals surface area contributed by atoms with Crippen molar-refractivity contribution in [2.75, 3.05) is 13.1 Å². The van der Waals surface area contributed by atoms with Gasteiger partial charge in [0.05, 0.1) is 12.1 Å². The fraction of sp³-hybridized carbons (Fsp3) is 0.462. The molecular weight excluding hydrogens is 287 g/mol. The van der Waals surface area contributed by atoms with Crippen molar-refractivity contribution in [2.45, 2.75) is 25.0 Å². The van der Waals surface area contributed by atoms with Gasteiger partial charge >= 0.3 is 0 Å². The van der Waals surface area contributed by atoms with Crippen molar-refractivity contribution in [1.29, 1.82) is 0 Å². The number of hydrogen-bond donors (Lipinski definition) is 3. The molecule has 0 aromatic heterocycles. The Bertz CT molecular complexity index is 442. The summed E-state index contributed by atoms with van der Waals surface area (Å²) in [6.07, 6.45) is 0.915. The third-order valence-electron chi connectivity index (χ3n) is 3.18. The molecule has 0 radical (unpaired) electrons. The summed E-state index contributed by atoms with van der Waals surface area (Å²) in [5.74, 6) is -0.0975. The van der Waals surface area contributed by atoms with Crippen LogP contribution in [0.25, 0.3) is 0 Å². The minimum Gasteiger partial charge on any atom is -0.386 e. The van der Waals surface area contributed by atoms with Crippen molar-refractivity contribution in [3.63, 3.8) is 0 Å². The minimum atomic E-state index is -0.911. The van der Waals surface area contributed by atoms with E-state index >= 15 is 0 Å². The lowest BCUT2D eigenvalue weighted by molar-refractivity contribution is -0.123. The zero-order valence-corrected chi connectivity index (χ0v) is 11.8. The Balaban J connectivity index is 1.93. The second kappa shape index (κ2) is 6.57. The molecule has 0 saturated carbocycles. The molecule has 2 atom stereocenters. The molecule has 0 spiro atoms. The molecule has 0 unspecified atom stereocenters. The second-order valence-electron chi connectivity index (χ2n) is 4.55. The van der Waals surface area contributed by atoms with Gasteiger partial charge in [0, 0.05) is 22.2 Å². The summed E-state index contributed by atoms with van der Waals surface area (Å²) in [5.41, 5.74) is 0.450. The van der Waals surface area contributed by atoms with Crippen LogP contribution in [0.3, 0.4) is 0 Å². The van der Waals surface area contributed by atoms with E-state index in [1.54, 1.807) is 18.2 Å². The molecule has 1 aliphatic rings. The summed E-state index contributed by atoms with van der Waals surface area (Å²) >= 11 is 12.0. The molecule has 4 nitrogen and oxygen atoms in total. The Morgan fingerprint density at radius 1 is 1.47 bits per heavy atom. The molecule has 1 heterocycles. The van der Waals surface area contributed by atoms with Crippen LogP contribution in [0.4, 0.5) is 0 Å². The predicted octanol–water partition coefficient (Wildman–Crippen LogP) is 1.89. The van der Waals surface area contributed by atoms with E-state index in [0.717, 1.165) is 19.4 Å². The Labute approximate surface area is 122 Å². The second-order valence-corrected chi connectivity index (χ2v) is 5.36. The van der Waals surface area contributed by atoms with Gasteiger partial charge in [0.2, 0.25) is 5.91 Å². The van der Waals surface area contributed by atoms with E-state index in [-0.39, 0.29) is 18.5 Å². The van der Waals surface area contributed by atoms with E-state index in [0.29, 0.717) is 15.6 Å². The standard InChI is InChI=1S/C13H16Cl2N2O2/c14-8-3-1-4-9(15)12(8)11(18)7-17-13(19)10-5-2-6-16-10/h1,3-4,10-11,16,18H,2,5-7H2,(H,17,19)/t10-,11-/m0/s1. The van der Waals surface area contributed by atoms with Gasteiger partial charge in [-0.25, -0.2) is 0 Å². The van der Waals surface area contributed by atoms with Crippen LogP contribution >= 0.6 is 23.2 Å². The van der Waals surface area contributed by atoms with Crippen LogP contribution < -0.4 is 10.6 Å². The molecule has 19 heavy (non-hydrogen) atoms. The summed E-state index contributed by atoms with van der Waals surface area (Å²) in [4.78, 5) is 11.8. The quantitative estimate of drug-likeness (QED) is 0.796. The Kier molecular flexibility index (Phi) is 5.05. The van der Waals surface area contributed by atoms with E-state index in [1.165, 1.54) is 0 Å². The van der Waals surface area contributed by atoms with Gasteiger partial charge in [-0.05, 0) is 31.5 Å². The molecule has 1 saturated heterocycles. The van der Waals surface area contributed by atoms with E-state index in [9.17, 15) is 9.90 Å². The lowest BCUT2D eigenvalue weighted by atomic mass is 10.1. The minimum absolute atomic E-state index is 0.0975. The number of rotatable bonds is 4. The van der Waals surface area contributed by atoms with Gasteiger partial charge in [0.1, 0.15) is 0 Å². The number of nitrogens with one attached hydrogen (secondary N) is 2. The highest BCUT2D eigenvalue weighted by atomic mass is 35.5. The average Bonchev–Trinajstić information content (AvgIpc) is 2.89. The van der Waals surface area contributed by atoms with Crippen molar-refractivity contribution < 1.29 is 9.90 Å². The lowest BCUT2D eigenvalue weighted by Crippen LogP contribution is -2.41. The van der Waals surface area contributed by atoms with Gasteiger partial charge in [-0.3, -0.25) is 4.79 Å². The van der Waals surface area contributed by atoms with E-state index in [4.69, 9.17) is 23.2 Å². The monoisotopic (exact) mass is 302 g/mol. The number of aliphatic hydroxyl groups is 1. The molecule has 104 valence electrons. The number of carbonyl (C=O) groups is 1. The highest BCUT2D eigenvalue weighted by Crippen LogP contribution is 2.29. The zero-order valence-electron chi connectivity index (χ0n) is 10.3. The highest BCUT2D eigenvalue weighted by molar-refractivity contribution is 6.36. The largest absolute Gasteiger partial charge is 0.386 e. The van der Waals surface area contributed by atoms with Crippen LogP contribution in [0.2, 0.25) is 10.0 Å². The topological polar surface area (TPSA) is 61.4 Å². The lowest BCUT2D eigenvalue weighted by Gasteiger charge is -2.17. The predicted molar refractivity (Wildman–Crippen MR) is 75.5 cm³/mol. The van der Waals surface area contributed by atoms with Crippen LogP contribution in [0.15, 0.2) is 18.2 Å². The van der Waals surface area contributed by atoms with E-state index in [1.807, 2.05) is 0 Å². The number of hydrogen-bond acceptors (Lipinski definition) is 3. The fourth-order valence-electron chi connectivity index (χ4n) is 2.16. The molecule has 1 aromatic rings. The smallest absolute Gasteiger partial charge is 0.237 e. The maximum absolute atomic E-state index is 11.8. The highest BCUT2D eigenvalue weighted by Gasteiger charge is 2.23. The number of carbonyl (C=O) groups excluding carboxylic acids is 1. The van der Waals surface area contributed by atoms with Crippen molar-refractivity contribution in [3.05, 3.63) is 33.8 Å². The van der Waals surface area contributed by atoms with Crippen molar-refractivity contribution in [3.8, 4) is 0 Å². The van der Waals surface area contributed by atoms with Gasteiger partial charge in [-0.15, -0.1) is 0 Å². The van der Waals surface area contributed by atoms with Gasteiger partial charge < -0.3 is 15.7 Å². The van der Waals surface area contributed by atoms with Crippen molar-refractivity contribution >= 4 is 29.1 Å². The number of halogens is 2. The maximum Gasteiger partial charge on any atom is 0.237 e. The Morgan fingerprint density at radius 3 is 2.74 bits per heavy atom. The Morgan fingerprint density at radius 2 is 2.16 bits per heavy atom. The maximum atomic E-state index is 11.8. The number of aliphatic hydroxyl groups excluding tert-OH is 1. The number of amides is 1. The molecule has 6 heteroatoms.